The van der Waals surface area contributed by atoms with Gasteiger partial charge in [0.1, 0.15) is 0 Å². The van der Waals surface area contributed by atoms with Crippen molar-refractivity contribution in [3.05, 3.63) is 5.25 Å². The smallest absolute Gasteiger partial charge is 0.0276 e. The van der Waals surface area contributed by atoms with Gasteiger partial charge >= 0.3 is 0 Å². The van der Waals surface area contributed by atoms with Crippen molar-refractivity contribution in [3.8, 4) is 0 Å². The zero-order chi connectivity index (χ0) is 6.69. The zero-order valence-corrected chi connectivity index (χ0v) is 6.95. The van der Waals surface area contributed by atoms with Gasteiger partial charge in [-0.2, -0.15) is 12.6 Å². The number of hydrogen-bond acceptors (Lipinski definition) is 1. The first-order chi connectivity index (χ1) is 4.33. The Bertz CT molecular complexity index is 80.6. The molecule has 0 amide bonds. The van der Waals surface area contributed by atoms with E-state index in [1.807, 2.05) is 0 Å². The predicted octanol–water partition coefficient (Wildman–Crippen LogP) is 3.05. The number of hydrogen-bond donors (Lipinski definition) is 1. The molecule has 0 N–H and O–H groups in total. The Morgan fingerprint density at radius 3 is 2.89 bits per heavy atom. The van der Waals surface area contributed by atoms with Crippen molar-refractivity contribution in [2.75, 3.05) is 0 Å². The van der Waals surface area contributed by atoms with E-state index >= 15 is 0 Å². The van der Waals surface area contributed by atoms with Gasteiger partial charge in [0.15, 0.2) is 0 Å². The Balaban J connectivity index is 2.23. The Morgan fingerprint density at radius 2 is 2.44 bits per heavy atom. The molecule has 0 aliphatic heterocycles. The predicted molar refractivity (Wildman–Crippen MR) is 44.5 cm³/mol. The third-order valence-corrected chi connectivity index (χ3v) is 2.59. The monoisotopic (exact) mass is 143 g/mol. The van der Waals surface area contributed by atoms with Gasteiger partial charge in [-0.15, -0.1) is 0 Å². The molecule has 1 unspecified atom stereocenters. The molecule has 0 bridgehead atoms. The quantitative estimate of drug-likeness (QED) is 0.536. The first-order valence-electron chi connectivity index (χ1n) is 3.86. The molecule has 1 aliphatic rings. The van der Waals surface area contributed by atoms with Crippen LogP contribution in [0, 0.1) is 11.2 Å². The molecule has 1 atom stereocenters. The molecule has 1 fully saturated rings. The summed E-state index contributed by atoms with van der Waals surface area (Å²) in [6.07, 6.45) is 6.68. The molecule has 0 aromatic carbocycles. The van der Waals surface area contributed by atoms with Crippen LogP contribution in [0.25, 0.3) is 0 Å². The Hall–Kier alpha value is 0.350. The zero-order valence-electron chi connectivity index (χ0n) is 6.06. The summed E-state index contributed by atoms with van der Waals surface area (Å²) in [5.41, 5.74) is 0. The lowest BCUT2D eigenvalue weighted by Gasteiger charge is -2.23. The Morgan fingerprint density at radius 1 is 1.67 bits per heavy atom. The van der Waals surface area contributed by atoms with Crippen molar-refractivity contribution in [1.82, 2.24) is 0 Å². The third-order valence-electron chi connectivity index (χ3n) is 2.18. The van der Waals surface area contributed by atoms with E-state index in [0.717, 1.165) is 5.92 Å². The molecule has 53 valence electrons. The van der Waals surface area contributed by atoms with Crippen molar-refractivity contribution in [2.24, 2.45) is 5.92 Å². The molecule has 0 aromatic heterocycles. The highest BCUT2D eigenvalue weighted by molar-refractivity contribution is 7.83. The molecule has 0 spiro atoms. The molecule has 0 nitrogen and oxygen atoms in total. The van der Waals surface area contributed by atoms with Gasteiger partial charge in [-0.25, -0.2) is 0 Å². The fourth-order valence-electron chi connectivity index (χ4n) is 1.48. The van der Waals surface area contributed by atoms with Crippen LogP contribution in [0.3, 0.4) is 0 Å². The van der Waals surface area contributed by atoms with E-state index in [0.29, 0.717) is 0 Å². The van der Waals surface area contributed by atoms with Crippen LogP contribution in [0.2, 0.25) is 0 Å². The molecule has 9 heavy (non-hydrogen) atoms. The fraction of sp³-hybridized carbons (Fsp3) is 0.875. The van der Waals surface area contributed by atoms with Crippen molar-refractivity contribution in [2.45, 2.75) is 39.0 Å². The van der Waals surface area contributed by atoms with E-state index in [1.165, 1.54) is 37.4 Å². The van der Waals surface area contributed by atoms with Gasteiger partial charge in [-0.05, 0) is 18.8 Å². The van der Waals surface area contributed by atoms with E-state index in [2.05, 4.69) is 19.6 Å². The molecule has 0 heterocycles. The van der Waals surface area contributed by atoms with E-state index in [9.17, 15) is 0 Å². The second-order valence-electron chi connectivity index (χ2n) is 2.94. The molecule has 0 saturated heterocycles. The van der Waals surface area contributed by atoms with Gasteiger partial charge in [-0.3, -0.25) is 0 Å². The van der Waals surface area contributed by atoms with Gasteiger partial charge in [-0.1, -0.05) is 26.2 Å². The summed E-state index contributed by atoms with van der Waals surface area (Å²) < 4.78 is 0. The summed E-state index contributed by atoms with van der Waals surface area (Å²) >= 11 is 4.39. The Kier molecular flexibility index (Phi) is 2.90. The maximum Gasteiger partial charge on any atom is 0.0276 e. The second-order valence-corrected chi connectivity index (χ2v) is 3.57. The van der Waals surface area contributed by atoms with E-state index < -0.39 is 0 Å². The van der Waals surface area contributed by atoms with Crippen LogP contribution in [0.4, 0.5) is 0 Å². The maximum atomic E-state index is 4.39. The van der Waals surface area contributed by atoms with Crippen LogP contribution in [-0.4, -0.2) is 0 Å². The molecule has 1 aliphatic carbocycles. The van der Waals surface area contributed by atoms with Gasteiger partial charge in [0.05, 0.1) is 0 Å². The third kappa shape index (κ3) is 2.21. The first kappa shape index (κ1) is 7.46. The largest absolute Gasteiger partial charge is 0.171 e. The minimum absolute atomic E-state index is 0.950. The van der Waals surface area contributed by atoms with E-state index in [1.54, 1.807) is 0 Å². The molecule has 1 heteroatoms. The van der Waals surface area contributed by atoms with Crippen LogP contribution in [-0.2, 0) is 0 Å². The highest BCUT2D eigenvalue weighted by Gasteiger charge is 2.17. The van der Waals surface area contributed by atoms with Gasteiger partial charge in [0, 0.05) is 5.25 Å². The summed E-state index contributed by atoms with van der Waals surface area (Å²) in [6, 6.07) is 0. The van der Waals surface area contributed by atoms with Crippen molar-refractivity contribution in [3.63, 3.8) is 0 Å². The summed E-state index contributed by atoms with van der Waals surface area (Å²) in [4.78, 5) is 0. The lowest BCUT2D eigenvalue weighted by molar-refractivity contribution is 0.395. The Labute approximate surface area is 63.4 Å². The van der Waals surface area contributed by atoms with E-state index in [4.69, 9.17) is 0 Å². The highest BCUT2D eigenvalue weighted by Crippen LogP contribution is 2.34. The van der Waals surface area contributed by atoms with Crippen LogP contribution >= 0.6 is 12.6 Å². The molecule has 1 saturated carbocycles. The standard InChI is InChI=1S/C8H15S/c1-2-7-4-3-5-8(9)6-7/h7,9H,2-6H2,1H3. The summed E-state index contributed by atoms with van der Waals surface area (Å²) in [6.45, 7) is 2.27. The molecule has 0 aromatic rings. The lowest BCUT2D eigenvalue weighted by Crippen LogP contribution is -2.08. The summed E-state index contributed by atoms with van der Waals surface area (Å²) in [7, 11) is 0. The molecular formula is C8H15S. The average molecular weight is 143 g/mol. The van der Waals surface area contributed by atoms with Crippen LogP contribution in [0.15, 0.2) is 0 Å². The molecular weight excluding hydrogens is 128 g/mol. The minimum atomic E-state index is 0.950. The molecule has 1 rings (SSSR count). The van der Waals surface area contributed by atoms with Gasteiger partial charge < -0.3 is 0 Å². The summed E-state index contributed by atoms with van der Waals surface area (Å²) in [5.74, 6) is 0.950. The number of rotatable bonds is 1. The van der Waals surface area contributed by atoms with Crippen molar-refractivity contribution >= 4 is 12.6 Å². The first-order valence-corrected chi connectivity index (χ1v) is 4.31. The van der Waals surface area contributed by atoms with Crippen molar-refractivity contribution in [1.29, 1.82) is 0 Å². The lowest BCUT2D eigenvalue weighted by atomic mass is 9.87. The molecule has 1 radical (unpaired) electrons. The number of thiol groups is 1. The minimum Gasteiger partial charge on any atom is -0.171 e. The maximum absolute atomic E-state index is 4.39. The van der Waals surface area contributed by atoms with Crippen LogP contribution in [0.5, 0.6) is 0 Å². The highest BCUT2D eigenvalue weighted by atomic mass is 32.1. The van der Waals surface area contributed by atoms with E-state index in [-0.39, 0.29) is 0 Å². The van der Waals surface area contributed by atoms with Crippen LogP contribution < -0.4 is 0 Å². The SMILES string of the molecule is CCC1CCC[C](S)C1. The van der Waals surface area contributed by atoms with Gasteiger partial charge in [0.2, 0.25) is 0 Å². The van der Waals surface area contributed by atoms with Crippen molar-refractivity contribution < 1.29 is 0 Å². The second kappa shape index (κ2) is 3.50. The fourth-order valence-corrected chi connectivity index (χ4v) is 1.90. The topological polar surface area (TPSA) is 0 Å². The normalized spacial score (nSPS) is 30.7. The van der Waals surface area contributed by atoms with Crippen LogP contribution in [0.1, 0.15) is 39.0 Å². The average Bonchev–Trinajstić information content (AvgIpc) is 1.88. The summed E-state index contributed by atoms with van der Waals surface area (Å²) in [5, 5.41) is 1.42. The van der Waals surface area contributed by atoms with Gasteiger partial charge in [0.25, 0.3) is 0 Å².